The summed E-state index contributed by atoms with van der Waals surface area (Å²) in [7, 11) is 0. The average Bonchev–Trinajstić information content (AvgIpc) is 3.70. The summed E-state index contributed by atoms with van der Waals surface area (Å²) >= 11 is 6.37. The number of halogens is 1. The fourth-order valence-corrected chi connectivity index (χ4v) is 6.83. The van der Waals surface area contributed by atoms with E-state index in [0.717, 1.165) is 32.1 Å². The van der Waals surface area contributed by atoms with E-state index in [1.807, 2.05) is 6.07 Å². The molecule has 13 heteroatoms. The molecule has 3 aliphatic rings. The van der Waals surface area contributed by atoms with Crippen LogP contribution in [0.3, 0.4) is 0 Å². The molecule has 0 bridgehead atoms. The van der Waals surface area contributed by atoms with Crippen LogP contribution in [0.2, 0.25) is 5.02 Å². The molecule has 1 aromatic carbocycles. The normalized spacial score (nSPS) is 22.2. The molecule has 1 unspecified atom stereocenters. The summed E-state index contributed by atoms with van der Waals surface area (Å²) in [6.07, 6.45) is 6.27. The van der Waals surface area contributed by atoms with Crippen LogP contribution >= 0.6 is 11.6 Å². The van der Waals surface area contributed by atoms with Gasteiger partial charge in [-0.05, 0) is 61.8 Å². The molecule has 1 aromatic heterocycles. The molecule has 2 heterocycles. The monoisotopic (exact) mass is 655 g/mol. The number of carboxylic acids is 1. The van der Waals surface area contributed by atoms with Gasteiger partial charge in [0.15, 0.2) is 0 Å². The standard InChI is InChI=1S/C33H42ClN5O7/c1-18(2)26(37-30(42)27(36-19(3)40)20-8-5-4-6-9-20)31(43)39-17-21(16-24(39)29(41)38-33(13-14-33)32(44)45)46-25-12-11-23(34)22-10-7-15-35-28(22)25/h7,10-12,15,18,20-21,24,26-27H,4-6,8-9,13-14,16-17H2,1-3H3,(H,36,40)(H,37,42)(H,38,41)(H,44,45)/t21-,24?,26+,27+/m1/s1. The summed E-state index contributed by atoms with van der Waals surface area (Å²) in [4.78, 5) is 71.3. The van der Waals surface area contributed by atoms with E-state index < -0.39 is 53.5 Å². The number of aliphatic carboxylic acids is 1. The lowest BCUT2D eigenvalue weighted by atomic mass is 9.83. The zero-order valence-electron chi connectivity index (χ0n) is 26.4. The molecule has 2 saturated carbocycles. The smallest absolute Gasteiger partial charge is 0.329 e. The summed E-state index contributed by atoms with van der Waals surface area (Å²) in [5.41, 5.74) is -0.819. The Morgan fingerprint density at radius 3 is 2.41 bits per heavy atom. The second-order valence-corrected chi connectivity index (χ2v) is 13.5. The zero-order valence-corrected chi connectivity index (χ0v) is 27.1. The number of hydrogen-bond donors (Lipinski definition) is 4. The molecule has 3 fully saturated rings. The fourth-order valence-electron chi connectivity index (χ4n) is 6.62. The highest BCUT2D eigenvalue weighted by atomic mass is 35.5. The van der Waals surface area contributed by atoms with Gasteiger partial charge in [-0.2, -0.15) is 0 Å². The van der Waals surface area contributed by atoms with Gasteiger partial charge in [-0.1, -0.05) is 44.7 Å². The number of benzene rings is 1. The number of aromatic nitrogens is 1. The summed E-state index contributed by atoms with van der Waals surface area (Å²) in [5, 5.41) is 19.2. The topological polar surface area (TPSA) is 167 Å². The van der Waals surface area contributed by atoms with Gasteiger partial charge in [-0.15, -0.1) is 0 Å². The van der Waals surface area contributed by atoms with Crippen LogP contribution < -0.4 is 20.7 Å². The fraction of sp³-hybridized carbons (Fsp3) is 0.576. The van der Waals surface area contributed by atoms with Crippen LogP contribution in [0.15, 0.2) is 30.5 Å². The van der Waals surface area contributed by atoms with Crippen LogP contribution in [0, 0.1) is 11.8 Å². The molecule has 0 spiro atoms. The van der Waals surface area contributed by atoms with Crippen molar-refractivity contribution in [3.8, 4) is 5.75 Å². The van der Waals surface area contributed by atoms with Crippen molar-refractivity contribution in [3.05, 3.63) is 35.5 Å². The summed E-state index contributed by atoms with van der Waals surface area (Å²) < 4.78 is 6.33. The number of ether oxygens (including phenoxy) is 1. The highest BCUT2D eigenvalue weighted by Crippen LogP contribution is 2.37. The number of carbonyl (C=O) groups is 5. The van der Waals surface area contributed by atoms with Crippen LogP contribution in [-0.4, -0.2) is 80.9 Å². The number of fused-ring (bicyclic) bond motifs is 1. The molecule has 1 saturated heterocycles. The lowest BCUT2D eigenvalue weighted by molar-refractivity contribution is -0.146. The Hall–Kier alpha value is -3.93. The number of nitrogens with zero attached hydrogens (tertiary/aromatic N) is 2. The van der Waals surface area contributed by atoms with Gasteiger partial charge in [0.2, 0.25) is 23.6 Å². The molecule has 5 rings (SSSR count). The number of nitrogens with one attached hydrogen (secondary N) is 3. The Labute approximate surface area is 273 Å². The quantitative estimate of drug-likeness (QED) is 0.286. The maximum atomic E-state index is 14.3. The Morgan fingerprint density at radius 1 is 1.07 bits per heavy atom. The highest BCUT2D eigenvalue weighted by molar-refractivity contribution is 6.35. The van der Waals surface area contributed by atoms with Crippen LogP contribution in [-0.2, 0) is 24.0 Å². The van der Waals surface area contributed by atoms with Crippen LogP contribution in [0.25, 0.3) is 10.9 Å². The minimum absolute atomic E-state index is 0.0186. The average molecular weight is 656 g/mol. The van der Waals surface area contributed by atoms with Gasteiger partial charge in [0.05, 0.1) is 11.6 Å². The molecule has 46 heavy (non-hydrogen) atoms. The second kappa shape index (κ2) is 13.8. The number of likely N-dealkylation sites (tertiary alicyclic amines) is 1. The molecule has 12 nitrogen and oxygen atoms in total. The lowest BCUT2D eigenvalue weighted by Gasteiger charge is -2.34. The minimum atomic E-state index is -1.35. The Kier molecular flexibility index (Phi) is 10.0. The van der Waals surface area contributed by atoms with E-state index in [4.69, 9.17) is 16.3 Å². The highest BCUT2D eigenvalue weighted by Gasteiger charge is 2.54. The maximum absolute atomic E-state index is 14.3. The first-order valence-electron chi connectivity index (χ1n) is 16.0. The van der Waals surface area contributed by atoms with Crippen molar-refractivity contribution in [1.29, 1.82) is 0 Å². The Morgan fingerprint density at radius 2 is 1.78 bits per heavy atom. The van der Waals surface area contributed by atoms with Gasteiger partial charge in [-0.25, -0.2) is 4.79 Å². The molecule has 1 aliphatic heterocycles. The third-order valence-corrected chi connectivity index (χ3v) is 9.67. The molecule has 4 atom stereocenters. The lowest BCUT2D eigenvalue weighted by Crippen LogP contribution is -2.60. The van der Waals surface area contributed by atoms with Crippen LogP contribution in [0.5, 0.6) is 5.75 Å². The number of carboxylic acid groups (broad SMARTS) is 1. The minimum Gasteiger partial charge on any atom is -0.486 e. The van der Waals surface area contributed by atoms with Gasteiger partial charge in [-0.3, -0.25) is 24.2 Å². The molecule has 2 aromatic rings. The van der Waals surface area contributed by atoms with Gasteiger partial charge in [0, 0.05) is 24.9 Å². The SMILES string of the molecule is CC(=O)N[C@H](C(=O)N[C@H](C(=O)N1C[C@H](Oc2ccc(Cl)c3cccnc23)CC1C(=O)NC1(C(=O)O)CC1)C(C)C)C1CCCCC1. The van der Waals surface area contributed by atoms with Gasteiger partial charge in [0.25, 0.3) is 0 Å². The molecular weight excluding hydrogens is 614 g/mol. The van der Waals surface area contributed by atoms with E-state index in [2.05, 4.69) is 20.9 Å². The van der Waals surface area contributed by atoms with Gasteiger partial charge < -0.3 is 30.7 Å². The molecule has 2 aliphatic carbocycles. The van der Waals surface area contributed by atoms with Gasteiger partial charge in [0.1, 0.15) is 41.0 Å². The maximum Gasteiger partial charge on any atom is 0.329 e. The second-order valence-electron chi connectivity index (χ2n) is 13.1. The Balaban J connectivity index is 1.39. The third-order valence-electron chi connectivity index (χ3n) is 9.34. The van der Waals surface area contributed by atoms with Crippen molar-refractivity contribution in [2.75, 3.05) is 6.54 Å². The van der Waals surface area contributed by atoms with Crippen molar-refractivity contribution in [2.24, 2.45) is 11.8 Å². The van der Waals surface area contributed by atoms with Crippen molar-refractivity contribution >= 4 is 52.1 Å². The Bertz CT molecular complexity index is 1510. The predicted molar refractivity (Wildman–Crippen MR) is 170 cm³/mol. The van der Waals surface area contributed by atoms with E-state index in [-0.39, 0.29) is 30.7 Å². The van der Waals surface area contributed by atoms with Crippen LogP contribution in [0.4, 0.5) is 0 Å². The van der Waals surface area contributed by atoms with Crippen molar-refractivity contribution in [2.45, 2.75) is 102 Å². The van der Waals surface area contributed by atoms with E-state index in [1.165, 1.54) is 11.8 Å². The largest absolute Gasteiger partial charge is 0.486 e. The first kappa shape index (κ1) is 33.4. The first-order chi connectivity index (χ1) is 21.9. The molecular formula is C33H42ClN5O7. The molecule has 4 amide bonds. The van der Waals surface area contributed by atoms with E-state index >= 15 is 0 Å². The van der Waals surface area contributed by atoms with Gasteiger partial charge >= 0.3 is 5.97 Å². The third kappa shape index (κ3) is 7.22. The number of carbonyl (C=O) groups excluding carboxylic acids is 4. The van der Waals surface area contributed by atoms with E-state index in [1.54, 1.807) is 38.2 Å². The van der Waals surface area contributed by atoms with Crippen molar-refractivity contribution in [3.63, 3.8) is 0 Å². The molecule has 248 valence electrons. The summed E-state index contributed by atoms with van der Waals surface area (Å²) in [6.45, 7) is 4.98. The summed E-state index contributed by atoms with van der Waals surface area (Å²) in [5.74, 6) is -2.94. The van der Waals surface area contributed by atoms with Crippen molar-refractivity contribution in [1.82, 2.24) is 25.8 Å². The molecule has 0 radical (unpaired) electrons. The predicted octanol–water partition coefficient (Wildman–Crippen LogP) is 3.20. The number of hydrogen-bond acceptors (Lipinski definition) is 7. The number of rotatable bonds is 11. The van der Waals surface area contributed by atoms with Crippen molar-refractivity contribution < 1.29 is 33.8 Å². The number of pyridine rings is 1. The summed E-state index contributed by atoms with van der Waals surface area (Å²) in [6, 6.07) is 4.13. The van der Waals surface area contributed by atoms with Crippen LogP contribution in [0.1, 0.15) is 72.1 Å². The van der Waals surface area contributed by atoms with E-state index in [0.29, 0.717) is 34.5 Å². The zero-order chi connectivity index (χ0) is 33.2. The number of amides is 4. The molecule has 4 N–H and O–H groups in total. The van der Waals surface area contributed by atoms with E-state index in [9.17, 15) is 29.1 Å². The first-order valence-corrected chi connectivity index (χ1v) is 16.4.